The zero-order valence-corrected chi connectivity index (χ0v) is 6.75. The predicted octanol–water partition coefficient (Wildman–Crippen LogP) is 1.78. The van der Waals surface area contributed by atoms with E-state index in [2.05, 4.69) is 4.98 Å². The first-order valence-corrected chi connectivity index (χ1v) is 3.43. The van der Waals surface area contributed by atoms with Crippen molar-refractivity contribution in [2.24, 2.45) is 0 Å². The van der Waals surface area contributed by atoms with E-state index in [0.717, 1.165) is 18.2 Å². The summed E-state index contributed by atoms with van der Waals surface area (Å²) in [6.45, 7) is 0. The van der Waals surface area contributed by atoms with Gasteiger partial charge in [-0.3, -0.25) is 10.1 Å². The van der Waals surface area contributed by atoms with Crippen LogP contribution in [0.4, 0.5) is 11.4 Å². The maximum absolute atomic E-state index is 10.5. The van der Waals surface area contributed by atoms with E-state index in [1.54, 1.807) is 0 Å². The highest BCUT2D eigenvalue weighted by Gasteiger charge is 2.23. The second-order valence-electron chi connectivity index (χ2n) is 2.36. The van der Waals surface area contributed by atoms with Crippen molar-refractivity contribution >= 4 is 17.3 Å². The van der Waals surface area contributed by atoms with Crippen LogP contribution in [0.2, 0.25) is 0 Å². The summed E-state index contributed by atoms with van der Waals surface area (Å²) in [6, 6.07) is 3.05. The van der Waals surface area contributed by atoms with Gasteiger partial charge in [0.2, 0.25) is 5.39 Å². The number of rotatable bonds is 2. The smallest absolute Gasteiger partial charge is 0.391 e. The van der Waals surface area contributed by atoms with Gasteiger partial charge in [0.25, 0.3) is 5.69 Å². The number of nitrogens with zero attached hydrogens (tertiary/aromatic N) is 3. The molecular weight excluding hydrogens is 190 g/mol. The third-order valence-electron chi connectivity index (χ3n) is 1.52. The molecule has 1 rings (SSSR count). The van der Waals surface area contributed by atoms with Crippen molar-refractivity contribution in [3.8, 4) is 0 Å². The highest BCUT2D eigenvalue weighted by molar-refractivity contribution is 5.93. The number of carboxylic acids is 1. The summed E-state index contributed by atoms with van der Waals surface area (Å²) in [7, 11) is 0. The van der Waals surface area contributed by atoms with Crippen LogP contribution in [0.3, 0.4) is 0 Å². The lowest BCUT2D eigenvalue weighted by Crippen LogP contribution is -2.01. The van der Waals surface area contributed by atoms with Gasteiger partial charge < -0.3 is 5.11 Å². The van der Waals surface area contributed by atoms with Crippen LogP contribution in [-0.4, -0.2) is 16.0 Å². The second kappa shape index (κ2) is 3.49. The summed E-state index contributed by atoms with van der Waals surface area (Å²) in [6.07, 6.45) is 0. The van der Waals surface area contributed by atoms with E-state index in [0.29, 0.717) is 0 Å². The van der Waals surface area contributed by atoms with Gasteiger partial charge in [-0.25, -0.2) is 4.79 Å². The Hall–Kier alpha value is -2.49. The molecule has 0 aliphatic carbocycles. The van der Waals surface area contributed by atoms with Gasteiger partial charge in [0.15, 0.2) is 4.98 Å². The molecule has 0 spiro atoms. The summed E-state index contributed by atoms with van der Waals surface area (Å²) >= 11 is 0. The molecule has 0 heterocycles. The molecule has 0 aliphatic rings. The molecule has 7 nitrogen and oxygen atoms in total. The van der Waals surface area contributed by atoms with E-state index in [1.165, 1.54) is 0 Å². The molecule has 14 heavy (non-hydrogen) atoms. The topological polar surface area (TPSA) is 109 Å². The number of carboxylic acid groups (broad SMARTS) is 1. The Labute approximate surface area is 77.4 Å². The van der Waals surface area contributed by atoms with Gasteiger partial charge >= 0.3 is 11.7 Å². The lowest BCUT2D eigenvalue weighted by molar-refractivity contribution is -0.385. The number of diazo groups is 1. The fourth-order valence-corrected chi connectivity index (χ4v) is 0.914. The highest BCUT2D eigenvalue weighted by Crippen LogP contribution is 2.24. The third kappa shape index (κ3) is 1.64. The standard InChI is InChI=1S/C7H3N3O4/c8-9-4-1-2-5(7(11)12)6(3-4)10(13)14/h1-3H/p+1. The number of benzene rings is 1. The molecule has 0 bridgehead atoms. The molecule has 0 radical (unpaired) electrons. The Kier molecular flexibility index (Phi) is 2.39. The van der Waals surface area contributed by atoms with Crippen molar-refractivity contribution in [2.75, 3.05) is 0 Å². The maximum atomic E-state index is 10.5. The van der Waals surface area contributed by atoms with E-state index < -0.39 is 22.1 Å². The van der Waals surface area contributed by atoms with Crippen molar-refractivity contribution in [2.45, 2.75) is 0 Å². The minimum Gasteiger partial charge on any atom is -0.477 e. The lowest BCUT2D eigenvalue weighted by atomic mass is 10.1. The molecule has 0 saturated carbocycles. The zero-order chi connectivity index (χ0) is 10.7. The molecule has 70 valence electrons. The number of hydrogen-bond acceptors (Lipinski definition) is 4. The van der Waals surface area contributed by atoms with Crippen LogP contribution in [0, 0.1) is 15.5 Å². The van der Waals surface area contributed by atoms with E-state index in [9.17, 15) is 14.9 Å². The molecule has 1 aromatic rings. The minimum absolute atomic E-state index is 0.0679. The average molecular weight is 194 g/mol. The van der Waals surface area contributed by atoms with Crippen LogP contribution in [0.15, 0.2) is 18.2 Å². The van der Waals surface area contributed by atoms with Crippen molar-refractivity contribution in [3.05, 3.63) is 38.9 Å². The third-order valence-corrected chi connectivity index (χ3v) is 1.52. The minimum atomic E-state index is -1.40. The van der Waals surface area contributed by atoms with Crippen LogP contribution in [-0.2, 0) is 0 Å². The van der Waals surface area contributed by atoms with Crippen LogP contribution < -0.4 is 0 Å². The van der Waals surface area contributed by atoms with Gasteiger partial charge in [-0.05, 0) is 6.07 Å². The quantitative estimate of drug-likeness (QED) is 0.438. The van der Waals surface area contributed by atoms with Crippen LogP contribution in [0.5, 0.6) is 0 Å². The number of hydrogen-bond donors (Lipinski definition) is 1. The van der Waals surface area contributed by atoms with Gasteiger partial charge in [0.1, 0.15) is 11.6 Å². The number of aromatic carboxylic acids is 1. The fourth-order valence-electron chi connectivity index (χ4n) is 0.914. The SMILES string of the molecule is N#[N+]c1ccc(C(=O)O)c([N+](=O)[O-])c1. The van der Waals surface area contributed by atoms with Gasteiger partial charge in [0, 0.05) is 6.07 Å². The first kappa shape index (κ1) is 9.60. The van der Waals surface area contributed by atoms with Crippen LogP contribution in [0.1, 0.15) is 10.4 Å². The lowest BCUT2D eigenvalue weighted by Gasteiger charge is -1.93. The number of nitro benzene ring substituents is 1. The Morgan fingerprint density at radius 2 is 2.21 bits per heavy atom. The Morgan fingerprint density at radius 1 is 1.57 bits per heavy atom. The van der Waals surface area contributed by atoms with E-state index in [4.69, 9.17) is 10.5 Å². The maximum Gasteiger partial charge on any atom is 0.391 e. The molecule has 0 amide bonds. The Morgan fingerprint density at radius 3 is 2.64 bits per heavy atom. The van der Waals surface area contributed by atoms with Crippen molar-refractivity contribution < 1.29 is 14.8 Å². The molecule has 0 atom stereocenters. The molecule has 1 aromatic carbocycles. The predicted molar refractivity (Wildman–Crippen MR) is 44.8 cm³/mol. The second-order valence-corrected chi connectivity index (χ2v) is 2.36. The monoisotopic (exact) mass is 194 g/mol. The first-order chi connectivity index (χ1) is 6.56. The highest BCUT2D eigenvalue weighted by atomic mass is 16.6. The molecule has 7 heteroatoms. The molecule has 0 fully saturated rings. The Balaban J connectivity index is 3.40. The van der Waals surface area contributed by atoms with Crippen molar-refractivity contribution in [3.63, 3.8) is 0 Å². The van der Waals surface area contributed by atoms with E-state index >= 15 is 0 Å². The summed E-state index contributed by atoms with van der Waals surface area (Å²) in [5, 5.41) is 27.3. The number of nitro groups is 1. The molecule has 1 N–H and O–H groups in total. The van der Waals surface area contributed by atoms with Gasteiger partial charge in [-0.2, -0.15) is 0 Å². The summed E-state index contributed by atoms with van der Waals surface area (Å²) in [5.41, 5.74) is -1.11. The summed E-state index contributed by atoms with van der Waals surface area (Å²) < 4.78 is 0. The largest absolute Gasteiger partial charge is 0.477 e. The summed E-state index contributed by atoms with van der Waals surface area (Å²) in [4.78, 5) is 22.8. The summed E-state index contributed by atoms with van der Waals surface area (Å²) in [5.74, 6) is -1.40. The van der Waals surface area contributed by atoms with E-state index in [1.807, 2.05) is 0 Å². The molecule has 0 aliphatic heterocycles. The van der Waals surface area contributed by atoms with Crippen LogP contribution in [0.25, 0.3) is 4.98 Å². The van der Waals surface area contributed by atoms with Crippen LogP contribution >= 0.6 is 0 Å². The zero-order valence-electron chi connectivity index (χ0n) is 6.75. The van der Waals surface area contributed by atoms with Crippen molar-refractivity contribution in [1.82, 2.24) is 0 Å². The van der Waals surface area contributed by atoms with Gasteiger partial charge in [-0.1, -0.05) is 0 Å². The normalized spacial score (nSPS) is 9.07. The average Bonchev–Trinajstić information content (AvgIpc) is 2.16. The molecule has 0 unspecified atom stereocenters. The number of carbonyl (C=O) groups is 1. The van der Waals surface area contributed by atoms with Crippen molar-refractivity contribution in [1.29, 1.82) is 5.39 Å². The first-order valence-electron chi connectivity index (χ1n) is 3.43. The Bertz CT molecular complexity index is 449. The fraction of sp³-hybridized carbons (Fsp3) is 0. The molecular formula is C7H4N3O4+. The molecule has 0 saturated heterocycles. The van der Waals surface area contributed by atoms with Gasteiger partial charge in [0.05, 0.1) is 4.92 Å². The van der Waals surface area contributed by atoms with E-state index in [-0.39, 0.29) is 5.69 Å². The molecule has 0 aromatic heterocycles. The van der Waals surface area contributed by atoms with Gasteiger partial charge in [-0.15, -0.1) is 0 Å².